The lowest BCUT2D eigenvalue weighted by Crippen LogP contribution is -2.45. The van der Waals surface area contributed by atoms with E-state index in [2.05, 4.69) is 20.6 Å². The highest BCUT2D eigenvalue weighted by atomic mass is 16.5. The summed E-state index contributed by atoms with van der Waals surface area (Å²) in [6, 6.07) is 3.24. The molecule has 0 unspecified atom stereocenters. The van der Waals surface area contributed by atoms with Crippen LogP contribution in [0.2, 0.25) is 0 Å². The van der Waals surface area contributed by atoms with E-state index in [1.807, 2.05) is 13.1 Å². The van der Waals surface area contributed by atoms with Crippen LogP contribution in [-0.2, 0) is 11.3 Å². The number of aryl methyl sites for hydroxylation is 1. The molecule has 1 amide bonds. The molecule has 9 heteroatoms. The zero-order valence-electron chi connectivity index (χ0n) is 13.7. The van der Waals surface area contributed by atoms with Crippen LogP contribution >= 0.6 is 0 Å². The van der Waals surface area contributed by atoms with Gasteiger partial charge in [-0.2, -0.15) is 5.10 Å². The molecule has 25 heavy (non-hydrogen) atoms. The third-order valence-electron chi connectivity index (χ3n) is 4.12. The molecule has 1 N–H and O–H groups in total. The SMILES string of the molecule is CCn1cc(O[C@@H]2COC[C@@H]2NC(=O)c2ccc3nncn3c2)cn1. The number of nitrogens with one attached hydrogen (secondary N) is 1. The van der Waals surface area contributed by atoms with Gasteiger partial charge >= 0.3 is 0 Å². The molecule has 1 fully saturated rings. The standard InChI is InChI=1S/C16H18N6O3/c1-2-22-7-12(5-18-22)25-14-9-24-8-13(14)19-16(23)11-3-4-15-20-17-10-21(15)6-11/h3-7,10,13-14H,2,8-9H2,1H3,(H,19,23)/t13-,14+/m0/s1. The summed E-state index contributed by atoms with van der Waals surface area (Å²) in [6.07, 6.45) is 6.50. The number of pyridine rings is 1. The summed E-state index contributed by atoms with van der Waals surface area (Å²) in [5, 5.41) is 14.9. The molecule has 0 spiro atoms. The Morgan fingerprint density at radius 2 is 2.32 bits per heavy atom. The maximum atomic E-state index is 12.5. The summed E-state index contributed by atoms with van der Waals surface area (Å²) in [6.45, 7) is 3.61. The van der Waals surface area contributed by atoms with Gasteiger partial charge in [-0.25, -0.2) is 0 Å². The fourth-order valence-electron chi connectivity index (χ4n) is 2.75. The summed E-state index contributed by atoms with van der Waals surface area (Å²) < 4.78 is 14.9. The van der Waals surface area contributed by atoms with Gasteiger partial charge in [-0.1, -0.05) is 0 Å². The molecule has 4 rings (SSSR count). The van der Waals surface area contributed by atoms with Crippen LogP contribution in [0, 0.1) is 0 Å². The smallest absolute Gasteiger partial charge is 0.253 e. The average Bonchev–Trinajstić information content (AvgIpc) is 3.35. The lowest BCUT2D eigenvalue weighted by Gasteiger charge is -2.19. The molecule has 0 aliphatic carbocycles. The lowest BCUT2D eigenvalue weighted by atomic mass is 10.2. The van der Waals surface area contributed by atoms with Crippen molar-refractivity contribution in [1.82, 2.24) is 29.7 Å². The minimum atomic E-state index is -0.253. The number of hydrogen-bond donors (Lipinski definition) is 1. The van der Waals surface area contributed by atoms with Crippen molar-refractivity contribution in [1.29, 1.82) is 0 Å². The van der Waals surface area contributed by atoms with Crippen molar-refractivity contribution in [2.24, 2.45) is 0 Å². The van der Waals surface area contributed by atoms with Crippen LogP contribution in [-0.4, -0.2) is 55.6 Å². The van der Waals surface area contributed by atoms with Gasteiger partial charge in [0.25, 0.3) is 5.91 Å². The molecule has 0 radical (unpaired) electrons. The van der Waals surface area contributed by atoms with E-state index in [1.165, 1.54) is 0 Å². The molecular formula is C16H18N6O3. The van der Waals surface area contributed by atoms with Crippen molar-refractivity contribution in [3.63, 3.8) is 0 Å². The van der Waals surface area contributed by atoms with E-state index in [-0.39, 0.29) is 18.1 Å². The number of aromatic nitrogens is 5. The Morgan fingerprint density at radius 1 is 1.40 bits per heavy atom. The first-order valence-electron chi connectivity index (χ1n) is 8.10. The second kappa shape index (κ2) is 6.52. The third kappa shape index (κ3) is 3.18. The van der Waals surface area contributed by atoms with E-state index in [0.717, 1.165) is 6.54 Å². The van der Waals surface area contributed by atoms with E-state index in [9.17, 15) is 4.79 Å². The molecule has 0 bridgehead atoms. The summed E-state index contributed by atoms with van der Waals surface area (Å²) in [5.41, 5.74) is 1.21. The molecule has 3 aromatic heterocycles. The summed E-state index contributed by atoms with van der Waals surface area (Å²) >= 11 is 0. The van der Waals surface area contributed by atoms with E-state index < -0.39 is 0 Å². The van der Waals surface area contributed by atoms with Crippen molar-refractivity contribution in [2.45, 2.75) is 25.6 Å². The highest BCUT2D eigenvalue weighted by Crippen LogP contribution is 2.17. The first-order valence-corrected chi connectivity index (χ1v) is 8.10. The van der Waals surface area contributed by atoms with Crippen LogP contribution in [0.5, 0.6) is 5.75 Å². The van der Waals surface area contributed by atoms with Gasteiger partial charge in [-0.3, -0.25) is 13.9 Å². The Labute approximate surface area is 143 Å². The normalized spacial score (nSPS) is 20.0. The van der Waals surface area contributed by atoms with Gasteiger partial charge in [0, 0.05) is 12.7 Å². The van der Waals surface area contributed by atoms with Gasteiger partial charge in [-0.05, 0) is 19.1 Å². The van der Waals surface area contributed by atoms with E-state index >= 15 is 0 Å². The van der Waals surface area contributed by atoms with Crippen LogP contribution in [0.15, 0.2) is 37.1 Å². The zero-order chi connectivity index (χ0) is 17.2. The lowest BCUT2D eigenvalue weighted by molar-refractivity contribution is 0.0903. The number of hydrogen-bond acceptors (Lipinski definition) is 6. The zero-order valence-corrected chi connectivity index (χ0v) is 13.7. The number of rotatable bonds is 5. The van der Waals surface area contributed by atoms with E-state index in [1.54, 1.807) is 39.9 Å². The maximum absolute atomic E-state index is 12.5. The van der Waals surface area contributed by atoms with Crippen LogP contribution < -0.4 is 10.1 Å². The number of ether oxygens (including phenoxy) is 2. The second-order valence-corrected chi connectivity index (χ2v) is 5.82. The Balaban J connectivity index is 1.43. The van der Waals surface area contributed by atoms with Gasteiger partial charge in [0.05, 0.1) is 37.2 Å². The number of carbonyl (C=O) groups is 1. The topological polar surface area (TPSA) is 95.6 Å². The van der Waals surface area contributed by atoms with Gasteiger partial charge in [-0.15, -0.1) is 10.2 Å². The van der Waals surface area contributed by atoms with Crippen molar-refractivity contribution >= 4 is 11.6 Å². The molecule has 9 nitrogen and oxygen atoms in total. The predicted molar refractivity (Wildman–Crippen MR) is 87.4 cm³/mol. The molecular weight excluding hydrogens is 324 g/mol. The largest absolute Gasteiger partial charge is 0.482 e. The Bertz CT molecular complexity index is 889. The fraction of sp³-hybridized carbons (Fsp3) is 0.375. The number of nitrogens with zero attached hydrogens (tertiary/aromatic N) is 5. The van der Waals surface area contributed by atoms with Crippen molar-refractivity contribution < 1.29 is 14.3 Å². The van der Waals surface area contributed by atoms with E-state index in [0.29, 0.717) is 30.2 Å². The minimum absolute atomic E-state index is 0.191. The van der Waals surface area contributed by atoms with E-state index in [4.69, 9.17) is 9.47 Å². The third-order valence-corrected chi connectivity index (χ3v) is 4.12. The predicted octanol–water partition coefficient (Wildman–Crippen LogP) is 0.522. The Hall–Kier alpha value is -2.94. The van der Waals surface area contributed by atoms with Gasteiger partial charge in [0.2, 0.25) is 0 Å². The highest BCUT2D eigenvalue weighted by Gasteiger charge is 2.32. The van der Waals surface area contributed by atoms with Gasteiger partial charge < -0.3 is 14.8 Å². The van der Waals surface area contributed by atoms with Crippen molar-refractivity contribution in [2.75, 3.05) is 13.2 Å². The van der Waals surface area contributed by atoms with Crippen molar-refractivity contribution in [3.05, 3.63) is 42.6 Å². The minimum Gasteiger partial charge on any atom is -0.482 e. The second-order valence-electron chi connectivity index (χ2n) is 5.82. The fourth-order valence-corrected chi connectivity index (χ4v) is 2.75. The quantitative estimate of drug-likeness (QED) is 0.726. The molecule has 0 saturated carbocycles. The molecule has 3 aromatic rings. The van der Waals surface area contributed by atoms with Crippen LogP contribution in [0.3, 0.4) is 0 Å². The maximum Gasteiger partial charge on any atom is 0.253 e. The molecule has 130 valence electrons. The molecule has 1 saturated heterocycles. The first kappa shape index (κ1) is 15.6. The summed E-state index contributed by atoms with van der Waals surface area (Å²) in [4.78, 5) is 12.5. The first-order chi connectivity index (χ1) is 12.2. The average molecular weight is 342 g/mol. The Morgan fingerprint density at radius 3 is 3.16 bits per heavy atom. The highest BCUT2D eigenvalue weighted by molar-refractivity contribution is 5.94. The molecule has 0 aromatic carbocycles. The number of carbonyl (C=O) groups excluding carboxylic acids is 1. The molecule has 2 atom stereocenters. The Kier molecular flexibility index (Phi) is 4.06. The van der Waals surface area contributed by atoms with Gasteiger partial charge in [0.15, 0.2) is 11.4 Å². The number of amides is 1. The van der Waals surface area contributed by atoms with Crippen LogP contribution in [0.4, 0.5) is 0 Å². The summed E-state index contributed by atoms with van der Waals surface area (Å²) in [5.74, 6) is 0.478. The summed E-state index contributed by atoms with van der Waals surface area (Å²) in [7, 11) is 0. The molecule has 1 aliphatic heterocycles. The number of fused-ring (bicyclic) bond motifs is 1. The van der Waals surface area contributed by atoms with Crippen LogP contribution in [0.25, 0.3) is 5.65 Å². The van der Waals surface area contributed by atoms with Crippen molar-refractivity contribution in [3.8, 4) is 5.75 Å². The monoisotopic (exact) mass is 342 g/mol. The van der Waals surface area contributed by atoms with Crippen LogP contribution in [0.1, 0.15) is 17.3 Å². The van der Waals surface area contributed by atoms with Gasteiger partial charge in [0.1, 0.15) is 12.4 Å². The molecule has 1 aliphatic rings. The molecule has 4 heterocycles.